The van der Waals surface area contributed by atoms with E-state index in [-0.39, 0.29) is 5.69 Å². The van der Waals surface area contributed by atoms with Gasteiger partial charge >= 0.3 is 5.97 Å². The molecule has 0 amide bonds. The zero-order valence-corrected chi connectivity index (χ0v) is 7.53. The quantitative estimate of drug-likeness (QED) is 0.762. The number of hydrogen-bond acceptors (Lipinski definition) is 2. The van der Waals surface area contributed by atoms with Crippen LogP contribution in [0.1, 0.15) is 29.0 Å². The van der Waals surface area contributed by atoms with Crippen LogP contribution in [0.15, 0.2) is 6.07 Å². The smallest absolute Gasteiger partial charge is 0.356 e. The molecule has 0 saturated heterocycles. The van der Waals surface area contributed by atoms with E-state index in [9.17, 15) is 4.79 Å². The Balaban J connectivity index is 2.18. The van der Waals surface area contributed by atoms with Crippen LogP contribution in [0.5, 0.6) is 0 Å². The zero-order chi connectivity index (χ0) is 9.42. The van der Waals surface area contributed by atoms with E-state index in [2.05, 4.69) is 5.10 Å². The first-order valence-electron chi connectivity index (χ1n) is 4.44. The molecule has 1 aromatic rings. The maximum Gasteiger partial charge on any atom is 0.356 e. The minimum Gasteiger partial charge on any atom is -0.476 e. The SMILES string of the molecule is Cc1cc(C(=O)O)nn1CC1CC1. The molecule has 0 radical (unpaired) electrons. The van der Waals surface area contributed by atoms with Gasteiger partial charge in [-0.05, 0) is 31.7 Å². The maximum absolute atomic E-state index is 10.6. The average Bonchev–Trinajstić information content (AvgIpc) is 2.78. The van der Waals surface area contributed by atoms with Gasteiger partial charge in [-0.1, -0.05) is 0 Å². The second-order valence-electron chi connectivity index (χ2n) is 3.60. The molecular formula is C9H12N2O2. The molecule has 4 heteroatoms. The minimum atomic E-state index is -0.947. The number of carboxylic acid groups (broad SMARTS) is 1. The highest BCUT2D eigenvalue weighted by molar-refractivity contribution is 5.85. The maximum atomic E-state index is 10.6. The van der Waals surface area contributed by atoms with Crippen LogP contribution >= 0.6 is 0 Å². The Morgan fingerprint density at radius 2 is 2.46 bits per heavy atom. The van der Waals surface area contributed by atoms with Crippen molar-refractivity contribution in [1.29, 1.82) is 0 Å². The lowest BCUT2D eigenvalue weighted by molar-refractivity contribution is 0.0689. The molecule has 70 valence electrons. The number of nitrogens with zero attached hydrogens (tertiary/aromatic N) is 2. The Bertz CT molecular complexity index is 339. The minimum absolute atomic E-state index is 0.151. The highest BCUT2D eigenvalue weighted by atomic mass is 16.4. The summed E-state index contributed by atoms with van der Waals surface area (Å²) in [6.45, 7) is 2.76. The predicted molar refractivity (Wildman–Crippen MR) is 46.6 cm³/mol. The number of aryl methyl sites for hydroxylation is 1. The van der Waals surface area contributed by atoms with Crippen molar-refractivity contribution >= 4 is 5.97 Å². The van der Waals surface area contributed by atoms with Crippen molar-refractivity contribution in [3.05, 3.63) is 17.5 Å². The van der Waals surface area contributed by atoms with Gasteiger partial charge in [-0.25, -0.2) is 4.79 Å². The fraction of sp³-hybridized carbons (Fsp3) is 0.556. The first-order valence-corrected chi connectivity index (χ1v) is 4.44. The number of rotatable bonds is 3. The number of aromatic carboxylic acids is 1. The van der Waals surface area contributed by atoms with E-state index in [1.54, 1.807) is 10.7 Å². The highest BCUT2D eigenvalue weighted by Crippen LogP contribution is 2.30. The van der Waals surface area contributed by atoms with E-state index < -0.39 is 5.97 Å². The normalized spacial score (nSPS) is 16.1. The third kappa shape index (κ3) is 1.71. The Morgan fingerprint density at radius 1 is 1.77 bits per heavy atom. The molecule has 1 aliphatic carbocycles. The molecule has 1 aromatic heterocycles. The van der Waals surface area contributed by atoms with Crippen molar-refractivity contribution in [3.8, 4) is 0 Å². The average molecular weight is 180 g/mol. The summed E-state index contributed by atoms with van der Waals surface area (Å²) < 4.78 is 1.79. The lowest BCUT2D eigenvalue weighted by Gasteiger charge is -2.00. The van der Waals surface area contributed by atoms with Gasteiger partial charge in [-0.2, -0.15) is 5.10 Å². The van der Waals surface area contributed by atoms with Crippen molar-refractivity contribution < 1.29 is 9.90 Å². The van der Waals surface area contributed by atoms with Crippen molar-refractivity contribution in [2.24, 2.45) is 5.92 Å². The van der Waals surface area contributed by atoms with E-state index in [4.69, 9.17) is 5.11 Å². The van der Waals surface area contributed by atoms with Crippen molar-refractivity contribution in [3.63, 3.8) is 0 Å². The van der Waals surface area contributed by atoms with Gasteiger partial charge in [-0.15, -0.1) is 0 Å². The van der Waals surface area contributed by atoms with Gasteiger partial charge < -0.3 is 5.11 Å². The summed E-state index contributed by atoms with van der Waals surface area (Å²) in [6.07, 6.45) is 2.50. The summed E-state index contributed by atoms with van der Waals surface area (Å²) in [7, 11) is 0. The molecule has 1 saturated carbocycles. The second kappa shape index (κ2) is 2.87. The van der Waals surface area contributed by atoms with Crippen LogP contribution in [0.4, 0.5) is 0 Å². The number of hydrogen-bond donors (Lipinski definition) is 1. The van der Waals surface area contributed by atoms with Crippen LogP contribution in [-0.4, -0.2) is 20.9 Å². The third-order valence-electron chi connectivity index (χ3n) is 2.33. The van der Waals surface area contributed by atoms with Crippen LogP contribution in [0.25, 0.3) is 0 Å². The van der Waals surface area contributed by atoms with Gasteiger partial charge in [0.15, 0.2) is 5.69 Å². The van der Waals surface area contributed by atoms with Gasteiger partial charge in [0.2, 0.25) is 0 Å². The molecule has 0 spiro atoms. The molecule has 0 aliphatic heterocycles. The molecule has 1 aliphatic rings. The second-order valence-corrected chi connectivity index (χ2v) is 3.60. The van der Waals surface area contributed by atoms with Crippen molar-refractivity contribution in [2.45, 2.75) is 26.3 Å². The Morgan fingerprint density at radius 3 is 2.92 bits per heavy atom. The summed E-state index contributed by atoms with van der Waals surface area (Å²) in [4.78, 5) is 10.6. The van der Waals surface area contributed by atoms with Crippen molar-refractivity contribution in [2.75, 3.05) is 0 Å². The lowest BCUT2D eigenvalue weighted by Crippen LogP contribution is -2.05. The number of aromatic nitrogens is 2. The molecule has 1 N–H and O–H groups in total. The van der Waals surface area contributed by atoms with E-state index in [0.29, 0.717) is 0 Å². The van der Waals surface area contributed by atoms with Crippen LogP contribution in [-0.2, 0) is 6.54 Å². The summed E-state index contributed by atoms with van der Waals surface area (Å²) in [6, 6.07) is 1.62. The summed E-state index contributed by atoms with van der Waals surface area (Å²) in [5.74, 6) is -0.224. The standard InChI is InChI=1S/C9H12N2O2/c1-6-4-8(9(12)13)10-11(6)5-7-2-3-7/h4,7H,2-3,5H2,1H3,(H,12,13). The van der Waals surface area contributed by atoms with E-state index >= 15 is 0 Å². The molecule has 1 heterocycles. The van der Waals surface area contributed by atoms with Gasteiger partial charge in [0.25, 0.3) is 0 Å². The van der Waals surface area contributed by atoms with Gasteiger partial charge in [0, 0.05) is 12.2 Å². The Hall–Kier alpha value is -1.32. The van der Waals surface area contributed by atoms with Gasteiger partial charge in [-0.3, -0.25) is 4.68 Å². The Kier molecular flexibility index (Phi) is 1.83. The number of carbonyl (C=O) groups is 1. The topological polar surface area (TPSA) is 55.1 Å². The highest BCUT2D eigenvalue weighted by Gasteiger charge is 2.23. The molecule has 0 bridgehead atoms. The van der Waals surface area contributed by atoms with Gasteiger partial charge in [0.05, 0.1) is 0 Å². The molecule has 0 aromatic carbocycles. The molecule has 13 heavy (non-hydrogen) atoms. The fourth-order valence-corrected chi connectivity index (χ4v) is 1.34. The summed E-state index contributed by atoms with van der Waals surface area (Å²) >= 11 is 0. The first-order chi connectivity index (χ1) is 6.16. The number of carboxylic acids is 1. The van der Waals surface area contributed by atoms with Crippen molar-refractivity contribution in [1.82, 2.24) is 9.78 Å². The summed E-state index contributed by atoms with van der Waals surface area (Å²) in [5, 5.41) is 12.7. The zero-order valence-electron chi connectivity index (χ0n) is 7.53. The molecular weight excluding hydrogens is 168 g/mol. The first kappa shape index (κ1) is 8.29. The lowest BCUT2D eigenvalue weighted by atomic mass is 10.3. The van der Waals surface area contributed by atoms with E-state index in [0.717, 1.165) is 18.2 Å². The van der Waals surface area contributed by atoms with E-state index in [1.807, 2.05) is 6.92 Å². The van der Waals surface area contributed by atoms with Crippen LogP contribution in [0.2, 0.25) is 0 Å². The predicted octanol–water partition coefficient (Wildman–Crippen LogP) is 1.30. The molecule has 2 rings (SSSR count). The van der Waals surface area contributed by atoms with Crippen LogP contribution in [0, 0.1) is 12.8 Å². The molecule has 4 nitrogen and oxygen atoms in total. The van der Waals surface area contributed by atoms with Crippen LogP contribution in [0.3, 0.4) is 0 Å². The Labute approximate surface area is 76.2 Å². The molecule has 1 fully saturated rings. The summed E-state index contributed by atoms with van der Waals surface area (Å²) in [5.41, 5.74) is 1.09. The van der Waals surface area contributed by atoms with Crippen LogP contribution < -0.4 is 0 Å². The monoisotopic (exact) mass is 180 g/mol. The fourth-order valence-electron chi connectivity index (χ4n) is 1.34. The molecule has 0 unspecified atom stereocenters. The van der Waals surface area contributed by atoms with Gasteiger partial charge in [0.1, 0.15) is 0 Å². The van der Waals surface area contributed by atoms with E-state index in [1.165, 1.54) is 12.8 Å². The third-order valence-corrected chi connectivity index (χ3v) is 2.33. The molecule has 0 atom stereocenters. The largest absolute Gasteiger partial charge is 0.476 e.